The lowest BCUT2D eigenvalue weighted by Crippen LogP contribution is -2.53. The highest BCUT2D eigenvalue weighted by atomic mass is 16.5. The lowest BCUT2D eigenvalue weighted by molar-refractivity contribution is -0.151. The number of ether oxygens (including phenoxy) is 2. The second-order valence-electron chi connectivity index (χ2n) is 6.55. The van der Waals surface area contributed by atoms with E-state index >= 15 is 0 Å². The molecule has 1 aliphatic carbocycles. The van der Waals surface area contributed by atoms with E-state index in [4.69, 9.17) is 9.47 Å². The van der Waals surface area contributed by atoms with Gasteiger partial charge in [0.1, 0.15) is 5.54 Å². The second kappa shape index (κ2) is 7.56. The van der Waals surface area contributed by atoms with Crippen LogP contribution in [0.25, 0.3) is 0 Å². The number of hydrogen-bond acceptors (Lipinski definition) is 5. The molecule has 2 aliphatic rings. The monoisotopic (exact) mass is 298 g/mol. The summed E-state index contributed by atoms with van der Waals surface area (Å²) in [4.78, 5) is 14.7. The molecule has 2 rings (SSSR count). The molecule has 0 aromatic heterocycles. The molecular weight excluding hydrogens is 268 g/mol. The summed E-state index contributed by atoms with van der Waals surface area (Å²) >= 11 is 0. The van der Waals surface area contributed by atoms with Crippen LogP contribution in [0, 0.1) is 0 Å². The summed E-state index contributed by atoms with van der Waals surface area (Å²) in [6, 6.07) is 1.07. The van der Waals surface area contributed by atoms with Gasteiger partial charge in [0, 0.05) is 31.8 Å². The Morgan fingerprint density at radius 2 is 2.00 bits per heavy atom. The lowest BCUT2D eigenvalue weighted by Gasteiger charge is -2.35. The smallest absolute Gasteiger partial charge is 0.326 e. The Balaban J connectivity index is 1.86. The third kappa shape index (κ3) is 4.94. The van der Waals surface area contributed by atoms with Crippen LogP contribution in [0.2, 0.25) is 0 Å². The predicted molar refractivity (Wildman–Crippen MR) is 82.3 cm³/mol. The van der Waals surface area contributed by atoms with Crippen molar-refractivity contribution < 1.29 is 14.3 Å². The van der Waals surface area contributed by atoms with E-state index in [2.05, 4.69) is 17.3 Å². The van der Waals surface area contributed by atoms with Crippen LogP contribution in [-0.2, 0) is 14.3 Å². The Bertz CT molecular complexity index is 340. The van der Waals surface area contributed by atoms with Gasteiger partial charge in [0.15, 0.2) is 0 Å². The normalized spacial score (nSPS) is 23.0. The van der Waals surface area contributed by atoms with Gasteiger partial charge in [-0.25, -0.2) is 0 Å². The number of nitrogens with one attached hydrogen (secondary N) is 1. The minimum atomic E-state index is -0.559. The lowest BCUT2D eigenvalue weighted by atomic mass is 9.96. The Kier molecular flexibility index (Phi) is 6.02. The summed E-state index contributed by atoms with van der Waals surface area (Å²) in [5.74, 6) is -0.114. The third-order valence-corrected chi connectivity index (χ3v) is 4.60. The van der Waals surface area contributed by atoms with Crippen molar-refractivity contribution in [2.45, 2.75) is 63.6 Å². The first kappa shape index (κ1) is 16.7. The van der Waals surface area contributed by atoms with Crippen LogP contribution in [0.15, 0.2) is 0 Å². The van der Waals surface area contributed by atoms with Gasteiger partial charge in [-0.1, -0.05) is 0 Å². The van der Waals surface area contributed by atoms with Crippen molar-refractivity contribution in [1.82, 2.24) is 10.2 Å². The third-order valence-electron chi connectivity index (χ3n) is 4.60. The van der Waals surface area contributed by atoms with Crippen LogP contribution in [0.4, 0.5) is 0 Å². The maximum absolute atomic E-state index is 12.3. The minimum Gasteiger partial charge on any atom is -0.465 e. The van der Waals surface area contributed by atoms with E-state index in [1.165, 1.54) is 12.8 Å². The van der Waals surface area contributed by atoms with E-state index in [0.717, 1.165) is 39.0 Å². The maximum atomic E-state index is 12.3. The van der Waals surface area contributed by atoms with E-state index in [9.17, 15) is 4.79 Å². The van der Waals surface area contributed by atoms with Gasteiger partial charge < -0.3 is 14.4 Å². The molecule has 1 N–H and O–H groups in total. The molecule has 0 radical (unpaired) electrons. The predicted octanol–water partition coefficient (Wildman–Crippen LogP) is 1.56. The molecule has 1 saturated heterocycles. The van der Waals surface area contributed by atoms with E-state index < -0.39 is 5.54 Å². The molecule has 1 aliphatic heterocycles. The van der Waals surface area contributed by atoms with Gasteiger partial charge >= 0.3 is 5.97 Å². The van der Waals surface area contributed by atoms with Crippen molar-refractivity contribution in [3.63, 3.8) is 0 Å². The summed E-state index contributed by atoms with van der Waals surface area (Å²) in [5.41, 5.74) is -0.559. The van der Waals surface area contributed by atoms with Gasteiger partial charge in [0.25, 0.3) is 0 Å². The van der Waals surface area contributed by atoms with E-state index in [1.807, 2.05) is 13.8 Å². The largest absolute Gasteiger partial charge is 0.465 e. The highest BCUT2D eigenvalue weighted by Crippen LogP contribution is 2.25. The van der Waals surface area contributed by atoms with Crippen molar-refractivity contribution in [1.29, 1.82) is 0 Å². The number of carbonyl (C=O) groups excluding carboxylic acids is 1. The van der Waals surface area contributed by atoms with Gasteiger partial charge in [0.05, 0.1) is 6.61 Å². The molecule has 0 aromatic carbocycles. The van der Waals surface area contributed by atoms with E-state index in [-0.39, 0.29) is 5.97 Å². The molecule has 0 bridgehead atoms. The molecule has 5 nitrogen and oxygen atoms in total. The standard InChI is InChI=1S/C16H30N2O3/c1-4-21-15(19)16(2,17-13-5-6-13)9-10-18(3)14-7-11-20-12-8-14/h13-14,17H,4-12H2,1-3H3. The summed E-state index contributed by atoms with van der Waals surface area (Å²) in [7, 11) is 2.15. The molecular formula is C16H30N2O3. The first-order valence-electron chi connectivity index (χ1n) is 8.28. The summed E-state index contributed by atoms with van der Waals surface area (Å²) in [6.07, 6.45) is 5.30. The topological polar surface area (TPSA) is 50.8 Å². The number of nitrogens with zero attached hydrogens (tertiary/aromatic N) is 1. The number of esters is 1. The van der Waals surface area contributed by atoms with Crippen LogP contribution in [-0.4, -0.2) is 61.9 Å². The highest BCUT2D eigenvalue weighted by Gasteiger charge is 2.39. The molecule has 0 aromatic rings. The zero-order chi connectivity index (χ0) is 15.3. The quantitative estimate of drug-likeness (QED) is 0.689. The summed E-state index contributed by atoms with van der Waals surface area (Å²) in [6.45, 7) is 6.90. The Labute approximate surface area is 128 Å². The van der Waals surface area contributed by atoms with Crippen LogP contribution in [0.1, 0.15) is 46.0 Å². The zero-order valence-corrected chi connectivity index (χ0v) is 13.7. The van der Waals surface area contributed by atoms with Gasteiger partial charge in [-0.2, -0.15) is 0 Å². The Morgan fingerprint density at radius 1 is 1.33 bits per heavy atom. The van der Waals surface area contributed by atoms with Crippen molar-refractivity contribution in [2.75, 3.05) is 33.4 Å². The SMILES string of the molecule is CCOC(=O)C(C)(CCN(C)C1CCOCC1)NC1CC1. The number of rotatable bonds is 8. The average Bonchev–Trinajstić information content (AvgIpc) is 3.30. The van der Waals surface area contributed by atoms with Crippen molar-refractivity contribution in [3.8, 4) is 0 Å². The van der Waals surface area contributed by atoms with Crippen LogP contribution in [0.3, 0.4) is 0 Å². The highest BCUT2D eigenvalue weighted by molar-refractivity contribution is 5.80. The maximum Gasteiger partial charge on any atom is 0.326 e. The van der Waals surface area contributed by atoms with Gasteiger partial charge in [-0.05, 0) is 53.0 Å². The van der Waals surface area contributed by atoms with Crippen LogP contribution >= 0.6 is 0 Å². The second-order valence-corrected chi connectivity index (χ2v) is 6.55. The molecule has 1 heterocycles. The molecule has 1 saturated carbocycles. The van der Waals surface area contributed by atoms with E-state index in [1.54, 1.807) is 0 Å². The fourth-order valence-electron chi connectivity index (χ4n) is 2.91. The van der Waals surface area contributed by atoms with Gasteiger partial charge in [-0.15, -0.1) is 0 Å². The molecule has 1 unspecified atom stereocenters. The Hall–Kier alpha value is -0.650. The number of carbonyl (C=O) groups is 1. The van der Waals surface area contributed by atoms with Gasteiger partial charge in [-0.3, -0.25) is 10.1 Å². The fraction of sp³-hybridized carbons (Fsp3) is 0.938. The van der Waals surface area contributed by atoms with Crippen molar-refractivity contribution >= 4 is 5.97 Å². The minimum absolute atomic E-state index is 0.114. The number of hydrogen-bond donors (Lipinski definition) is 1. The molecule has 21 heavy (non-hydrogen) atoms. The first-order chi connectivity index (χ1) is 10.0. The van der Waals surface area contributed by atoms with Gasteiger partial charge in [0.2, 0.25) is 0 Å². The summed E-state index contributed by atoms with van der Waals surface area (Å²) in [5, 5.41) is 3.48. The van der Waals surface area contributed by atoms with E-state index in [0.29, 0.717) is 18.7 Å². The molecule has 2 fully saturated rings. The first-order valence-corrected chi connectivity index (χ1v) is 8.28. The Morgan fingerprint density at radius 3 is 2.57 bits per heavy atom. The molecule has 122 valence electrons. The van der Waals surface area contributed by atoms with Crippen LogP contribution in [0.5, 0.6) is 0 Å². The van der Waals surface area contributed by atoms with Crippen molar-refractivity contribution in [3.05, 3.63) is 0 Å². The molecule has 0 spiro atoms. The fourth-order valence-corrected chi connectivity index (χ4v) is 2.91. The molecule has 0 amide bonds. The van der Waals surface area contributed by atoms with Crippen molar-refractivity contribution in [2.24, 2.45) is 0 Å². The zero-order valence-electron chi connectivity index (χ0n) is 13.7. The molecule has 5 heteroatoms. The average molecular weight is 298 g/mol. The molecule has 1 atom stereocenters. The van der Waals surface area contributed by atoms with Crippen LogP contribution < -0.4 is 5.32 Å². The summed E-state index contributed by atoms with van der Waals surface area (Å²) < 4.78 is 10.7.